The molecule has 0 atom stereocenters. The van der Waals surface area contributed by atoms with Crippen LogP contribution in [0.15, 0.2) is 42.6 Å². The lowest BCUT2D eigenvalue weighted by atomic mass is 10.1. The number of halogens is 4. The monoisotopic (exact) mass is 515 g/mol. The number of urea groups is 1. The van der Waals surface area contributed by atoms with Gasteiger partial charge in [-0.15, -0.1) is 0 Å². The number of nitrogens with two attached hydrogens (primary N) is 1. The van der Waals surface area contributed by atoms with Crippen LogP contribution < -0.4 is 5.73 Å². The van der Waals surface area contributed by atoms with Crippen molar-refractivity contribution in [3.8, 4) is 0 Å². The number of carbonyl (C=O) groups is 2. The van der Waals surface area contributed by atoms with E-state index in [1.54, 1.807) is 37.1 Å². The number of aryl methyl sites for hydroxylation is 1. The van der Waals surface area contributed by atoms with Crippen molar-refractivity contribution in [2.75, 3.05) is 25.9 Å². The highest BCUT2D eigenvalue weighted by atomic mass is 19.4. The van der Waals surface area contributed by atoms with Crippen molar-refractivity contribution in [3.05, 3.63) is 65.1 Å². The number of hydrazine groups is 1. The molecule has 1 aliphatic rings. The topological polar surface area (TPSA) is 101 Å². The maximum atomic E-state index is 14.7. The molecule has 2 aromatic carbocycles. The molecule has 2 aromatic heterocycles. The number of pyridine rings is 1. The molecule has 0 radical (unpaired) electrons. The number of nitrogen functional groups attached to an aromatic ring is 1. The van der Waals surface area contributed by atoms with E-state index in [1.165, 1.54) is 11.0 Å². The summed E-state index contributed by atoms with van der Waals surface area (Å²) < 4.78 is 55.3. The van der Waals surface area contributed by atoms with E-state index in [4.69, 9.17) is 5.73 Å². The Morgan fingerprint density at radius 1 is 1.11 bits per heavy atom. The standard InChI is InChI=1S/C24H21F4N7O2/c1-32-7-8-34(23(32)37)35(12-14-3-5-15(10-18(14)25)24(26,27)28)22(36)13-4-6-19-16(9-13)20-17(21(29)31-19)11-30-33(20)2/h3-6,9-11H,7-8,12H2,1-2H3,(H2,29,31). The first-order valence-corrected chi connectivity index (χ1v) is 11.2. The molecule has 1 aliphatic heterocycles. The van der Waals surface area contributed by atoms with E-state index in [0.29, 0.717) is 34.4 Å². The smallest absolute Gasteiger partial charge is 0.383 e. The van der Waals surface area contributed by atoms with Crippen LogP contribution in [-0.4, -0.2) is 61.8 Å². The Kier molecular flexibility index (Phi) is 5.65. The number of hydrogen-bond donors (Lipinski definition) is 1. The van der Waals surface area contributed by atoms with Gasteiger partial charge in [0.15, 0.2) is 0 Å². The highest BCUT2D eigenvalue weighted by molar-refractivity contribution is 6.10. The third-order valence-electron chi connectivity index (χ3n) is 6.38. The van der Waals surface area contributed by atoms with Gasteiger partial charge >= 0.3 is 12.2 Å². The molecule has 0 aliphatic carbocycles. The average molecular weight is 515 g/mol. The number of nitrogens with zero attached hydrogens (tertiary/aromatic N) is 6. The predicted molar refractivity (Wildman–Crippen MR) is 126 cm³/mol. The van der Waals surface area contributed by atoms with Crippen LogP contribution in [0.3, 0.4) is 0 Å². The van der Waals surface area contributed by atoms with E-state index in [9.17, 15) is 27.2 Å². The van der Waals surface area contributed by atoms with E-state index in [-0.39, 0.29) is 23.5 Å². The van der Waals surface area contributed by atoms with Gasteiger partial charge in [0.1, 0.15) is 11.6 Å². The van der Waals surface area contributed by atoms with Crippen molar-refractivity contribution >= 4 is 39.6 Å². The van der Waals surface area contributed by atoms with Gasteiger partial charge in [0.05, 0.1) is 41.3 Å². The van der Waals surface area contributed by atoms with Gasteiger partial charge < -0.3 is 10.6 Å². The zero-order valence-electron chi connectivity index (χ0n) is 19.8. The summed E-state index contributed by atoms with van der Waals surface area (Å²) in [5, 5.41) is 7.59. The minimum absolute atomic E-state index is 0.140. The van der Waals surface area contributed by atoms with Crippen molar-refractivity contribution < 1.29 is 27.2 Å². The molecular weight excluding hydrogens is 494 g/mol. The fraction of sp³-hybridized carbons (Fsp3) is 0.250. The summed E-state index contributed by atoms with van der Waals surface area (Å²) in [5.74, 6) is -1.50. The molecule has 1 fully saturated rings. The van der Waals surface area contributed by atoms with Crippen LogP contribution in [0, 0.1) is 5.82 Å². The van der Waals surface area contributed by atoms with Crippen molar-refractivity contribution in [2.45, 2.75) is 12.7 Å². The first kappa shape index (κ1) is 24.3. The predicted octanol–water partition coefficient (Wildman–Crippen LogP) is 3.79. The Hall–Kier alpha value is -4.42. The van der Waals surface area contributed by atoms with Crippen LogP contribution in [0.5, 0.6) is 0 Å². The Bertz CT molecular complexity index is 1570. The normalized spacial score (nSPS) is 14.3. The number of aromatic nitrogens is 3. The van der Waals surface area contributed by atoms with Crippen molar-refractivity contribution in [3.63, 3.8) is 0 Å². The molecule has 192 valence electrons. The van der Waals surface area contributed by atoms with E-state index in [1.807, 2.05) is 0 Å². The van der Waals surface area contributed by atoms with Crippen LogP contribution >= 0.6 is 0 Å². The Balaban J connectivity index is 1.58. The fourth-order valence-electron chi connectivity index (χ4n) is 4.38. The Labute approximate surface area is 207 Å². The zero-order chi connectivity index (χ0) is 26.6. The lowest BCUT2D eigenvalue weighted by molar-refractivity contribution is -0.137. The van der Waals surface area contributed by atoms with Gasteiger partial charge in [-0.05, 0) is 30.3 Å². The zero-order valence-corrected chi connectivity index (χ0v) is 19.8. The molecule has 37 heavy (non-hydrogen) atoms. The summed E-state index contributed by atoms with van der Waals surface area (Å²) in [6.07, 6.45) is -3.16. The molecule has 0 unspecified atom stereocenters. The lowest BCUT2D eigenvalue weighted by Gasteiger charge is -2.31. The number of carbonyl (C=O) groups excluding carboxylic acids is 2. The summed E-state index contributed by atoms with van der Waals surface area (Å²) in [6.45, 7) is -0.00281. The van der Waals surface area contributed by atoms with Gasteiger partial charge in [0.25, 0.3) is 5.91 Å². The number of benzene rings is 2. The van der Waals surface area contributed by atoms with E-state index in [0.717, 1.165) is 22.2 Å². The quantitative estimate of drug-likeness (QED) is 0.417. The second-order valence-corrected chi connectivity index (χ2v) is 8.75. The Morgan fingerprint density at radius 3 is 2.51 bits per heavy atom. The van der Waals surface area contributed by atoms with Crippen molar-refractivity contribution in [2.24, 2.45) is 7.05 Å². The largest absolute Gasteiger partial charge is 0.416 e. The van der Waals surface area contributed by atoms with Gasteiger partial charge in [0, 0.05) is 37.2 Å². The SMILES string of the molecule is CN1CCN(N(Cc2ccc(C(F)(F)F)cc2F)C(=O)c2ccc3nc(N)c4cnn(C)c4c3c2)C1=O. The minimum atomic E-state index is -4.72. The van der Waals surface area contributed by atoms with Gasteiger partial charge in [-0.3, -0.25) is 9.48 Å². The van der Waals surface area contributed by atoms with Crippen LogP contribution in [0.1, 0.15) is 21.5 Å². The Morgan fingerprint density at radius 2 is 1.86 bits per heavy atom. The molecule has 0 bridgehead atoms. The van der Waals surface area contributed by atoms with Crippen LogP contribution in [0.25, 0.3) is 21.8 Å². The lowest BCUT2D eigenvalue weighted by Crippen LogP contribution is -2.48. The number of rotatable bonds is 4. The van der Waals surface area contributed by atoms with Gasteiger partial charge in [-0.2, -0.15) is 18.3 Å². The fourth-order valence-corrected chi connectivity index (χ4v) is 4.38. The van der Waals surface area contributed by atoms with E-state index < -0.39 is 36.0 Å². The molecule has 1 saturated heterocycles. The third-order valence-corrected chi connectivity index (χ3v) is 6.38. The maximum absolute atomic E-state index is 14.7. The molecule has 5 rings (SSSR count). The summed E-state index contributed by atoms with van der Waals surface area (Å²) in [4.78, 5) is 32.2. The molecule has 4 aromatic rings. The number of anilines is 1. The first-order chi connectivity index (χ1) is 17.5. The number of fused-ring (bicyclic) bond motifs is 3. The molecule has 3 heterocycles. The molecule has 9 nitrogen and oxygen atoms in total. The molecule has 0 spiro atoms. The second kappa shape index (κ2) is 8.61. The van der Waals surface area contributed by atoms with Crippen LogP contribution in [0.4, 0.5) is 28.2 Å². The number of hydrogen-bond acceptors (Lipinski definition) is 5. The highest BCUT2D eigenvalue weighted by Gasteiger charge is 2.35. The summed E-state index contributed by atoms with van der Waals surface area (Å²) >= 11 is 0. The number of likely N-dealkylation sites (N-methyl/N-ethyl adjacent to an activating group) is 1. The van der Waals surface area contributed by atoms with E-state index >= 15 is 0 Å². The van der Waals surface area contributed by atoms with Gasteiger partial charge in [-0.25, -0.2) is 24.2 Å². The van der Waals surface area contributed by atoms with Gasteiger partial charge in [-0.1, -0.05) is 6.07 Å². The average Bonchev–Trinajstić information content (AvgIpc) is 3.40. The van der Waals surface area contributed by atoms with Crippen LogP contribution in [-0.2, 0) is 19.8 Å². The van der Waals surface area contributed by atoms with Crippen molar-refractivity contribution in [1.82, 2.24) is 29.7 Å². The highest BCUT2D eigenvalue weighted by Crippen LogP contribution is 2.32. The van der Waals surface area contributed by atoms with Gasteiger partial charge in [0.2, 0.25) is 0 Å². The molecule has 0 saturated carbocycles. The minimum Gasteiger partial charge on any atom is -0.383 e. The maximum Gasteiger partial charge on any atom is 0.416 e. The summed E-state index contributed by atoms with van der Waals surface area (Å²) in [7, 11) is 3.27. The molecule has 13 heteroatoms. The number of alkyl halides is 3. The third kappa shape index (κ3) is 4.15. The number of amides is 3. The second-order valence-electron chi connectivity index (χ2n) is 8.75. The van der Waals surface area contributed by atoms with E-state index in [2.05, 4.69) is 10.1 Å². The summed E-state index contributed by atoms with van der Waals surface area (Å²) in [5.41, 5.74) is 6.04. The summed E-state index contributed by atoms with van der Waals surface area (Å²) in [6, 6.07) is 6.26. The van der Waals surface area contributed by atoms with Crippen LogP contribution in [0.2, 0.25) is 0 Å². The van der Waals surface area contributed by atoms with Crippen molar-refractivity contribution in [1.29, 1.82) is 0 Å². The molecule has 2 N–H and O–H groups in total. The molecular formula is C24H21F4N7O2. The first-order valence-electron chi connectivity index (χ1n) is 11.2. The molecule has 3 amide bonds.